The second kappa shape index (κ2) is 8.96. The molecule has 22 heavy (non-hydrogen) atoms. The number of ether oxygens (including phenoxy) is 1. The van der Waals surface area contributed by atoms with E-state index in [-0.39, 0.29) is 5.96 Å². The van der Waals surface area contributed by atoms with E-state index in [4.69, 9.17) is 21.0 Å². The molecular weight excluding hydrogens is 284 g/mol. The summed E-state index contributed by atoms with van der Waals surface area (Å²) >= 11 is 0. The molecular formula is C15H18N4O3. The number of rotatable bonds is 4. The van der Waals surface area contributed by atoms with E-state index in [1.165, 1.54) is 6.92 Å². The maximum Gasteiger partial charge on any atom is 0.325 e. The van der Waals surface area contributed by atoms with Crippen molar-refractivity contribution in [3.05, 3.63) is 54.7 Å². The Kier molecular flexibility index (Phi) is 6.91. The third-order valence-electron chi connectivity index (χ3n) is 2.35. The van der Waals surface area contributed by atoms with Gasteiger partial charge in [-0.05, 0) is 25.1 Å². The van der Waals surface area contributed by atoms with E-state index in [2.05, 4.69) is 10.3 Å². The minimum absolute atomic E-state index is 0.329. The van der Waals surface area contributed by atoms with Gasteiger partial charge in [0.25, 0.3) is 0 Å². The van der Waals surface area contributed by atoms with E-state index in [0.717, 1.165) is 5.75 Å². The van der Waals surface area contributed by atoms with Crippen molar-refractivity contribution in [2.24, 2.45) is 5.73 Å². The molecule has 0 aliphatic rings. The summed E-state index contributed by atoms with van der Waals surface area (Å²) in [5.74, 6) is 0.0741. The normalized spacial score (nSPS) is 10.6. The number of carboxylic acid groups (broad SMARTS) is 1. The Hall–Kier alpha value is -3.09. The molecule has 1 aromatic heterocycles. The molecule has 0 saturated heterocycles. The number of nitrogens with two attached hydrogens (primary N) is 1. The Morgan fingerprint density at radius 3 is 2.36 bits per heavy atom. The first-order chi connectivity index (χ1) is 10.5. The number of nitrogens with zero attached hydrogens (tertiary/aromatic N) is 1. The maximum absolute atomic E-state index is 10.0. The van der Waals surface area contributed by atoms with E-state index < -0.39 is 12.0 Å². The van der Waals surface area contributed by atoms with Crippen LogP contribution in [0.3, 0.4) is 0 Å². The molecule has 0 aliphatic heterocycles. The minimum Gasteiger partial charge on any atom is -0.480 e. The van der Waals surface area contributed by atoms with Gasteiger partial charge < -0.3 is 20.9 Å². The van der Waals surface area contributed by atoms with Crippen LogP contribution in [0, 0.1) is 5.41 Å². The Labute approximate surface area is 128 Å². The van der Waals surface area contributed by atoms with Gasteiger partial charge in [0.1, 0.15) is 11.8 Å². The van der Waals surface area contributed by atoms with Gasteiger partial charge in [0.05, 0.1) is 0 Å². The van der Waals surface area contributed by atoms with Crippen LogP contribution in [-0.2, 0) is 4.79 Å². The molecule has 0 radical (unpaired) electrons. The number of para-hydroxylation sites is 1. The van der Waals surface area contributed by atoms with Gasteiger partial charge in [0.2, 0.25) is 5.88 Å². The number of hydrogen-bond acceptors (Lipinski definition) is 4. The van der Waals surface area contributed by atoms with Gasteiger partial charge in [-0.15, -0.1) is 0 Å². The second-order valence-electron chi connectivity index (χ2n) is 4.20. The molecule has 7 heteroatoms. The summed E-state index contributed by atoms with van der Waals surface area (Å²) in [5, 5.41) is 17.0. The number of benzene rings is 1. The number of carbonyl (C=O) groups is 1. The van der Waals surface area contributed by atoms with Crippen molar-refractivity contribution in [2.75, 3.05) is 0 Å². The summed E-state index contributed by atoms with van der Waals surface area (Å²) in [6.45, 7) is 1.41. The van der Waals surface area contributed by atoms with Crippen molar-refractivity contribution in [3.8, 4) is 11.6 Å². The lowest BCUT2D eigenvalue weighted by molar-refractivity contribution is -0.138. The molecule has 116 valence electrons. The molecule has 5 N–H and O–H groups in total. The van der Waals surface area contributed by atoms with Crippen LogP contribution in [0.25, 0.3) is 0 Å². The maximum atomic E-state index is 10.0. The largest absolute Gasteiger partial charge is 0.480 e. The molecule has 0 spiro atoms. The molecule has 0 saturated carbocycles. The van der Waals surface area contributed by atoms with E-state index in [0.29, 0.717) is 5.88 Å². The zero-order chi connectivity index (χ0) is 16.4. The van der Waals surface area contributed by atoms with Gasteiger partial charge in [0, 0.05) is 12.3 Å². The van der Waals surface area contributed by atoms with Crippen molar-refractivity contribution in [3.63, 3.8) is 0 Å². The Morgan fingerprint density at radius 1 is 1.27 bits per heavy atom. The van der Waals surface area contributed by atoms with E-state index in [1.54, 1.807) is 6.20 Å². The van der Waals surface area contributed by atoms with E-state index >= 15 is 0 Å². The van der Waals surface area contributed by atoms with Crippen molar-refractivity contribution >= 4 is 11.9 Å². The average molecular weight is 302 g/mol. The highest BCUT2D eigenvalue weighted by atomic mass is 16.5. The van der Waals surface area contributed by atoms with Crippen molar-refractivity contribution < 1.29 is 14.6 Å². The van der Waals surface area contributed by atoms with Crippen LogP contribution in [0.2, 0.25) is 0 Å². The zero-order valence-corrected chi connectivity index (χ0v) is 12.1. The summed E-state index contributed by atoms with van der Waals surface area (Å²) < 4.78 is 5.47. The van der Waals surface area contributed by atoms with E-state index in [9.17, 15) is 4.79 Å². The van der Waals surface area contributed by atoms with Crippen LogP contribution in [0.15, 0.2) is 54.7 Å². The highest BCUT2D eigenvalue weighted by Crippen LogP contribution is 2.17. The summed E-state index contributed by atoms with van der Waals surface area (Å²) in [5.41, 5.74) is 4.84. The van der Waals surface area contributed by atoms with Crippen molar-refractivity contribution in [1.82, 2.24) is 10.3 Å². The van der Waals surface area contributed by atoms with Crippen LogP contribution in [0.4, 0.5) is 0 Å². The minimum atomic E-state index is -1.02. The van der Waals surface area contributed by atoms with Gasteiger partial charge in [-0.2, -0.15) is 0 Å². The van der Waals surface area contributed by atoms with Gasteiger partial charge in [-0.1, -0.05) is 24.3 Å². The molecule has 1 heterocycles. The third kappa shape index (κ3) is 6.90. The quantitative estimate of drug-likeness (QED) is 0.505. The molecule has 0 amide bonds. The second-order valence-corrected chi connectivity index (χ2v) is 4.20. The summed E-state index contributed by atoms with van der Waals surface area (Å²) in [6, 6.07) is 14.4. The molecule has 7 nitrogen and oxygen atoms in total. The third-order valence-corrected chi connectivity index (χ3v) is 2.35. The summed E-state index contributed by atoms with van der Waals surface area (Å²) in [6.07, 6.45) is 1.71. The molecule has 1 unspecified atom stereocenters. The predicted octanol–water partition coefficient (Wildman–Crippen LogP) is 1.82. The highest BCUT2D eigenvalue weighted by molar-refractivity contribution is 5.82. The molecule has 0 aliphatic carbocycles. The monoisotopic (exact) mass is 302 g/mol. The van der Waals surface area contributed by atoms with Gasteiger partial charge in [-0.25, -0.2) is 4.98 Å². The Balaban J connectivity index is 0.000000239. The Bertz CT molecular complexity index is 553. The fourth-order valence-corrected chi connectivity index (χ4v) is 1.31. The zero-order valence-electron chi connectivity index (χ0n) is 12.1. The fourth-order valence-electron chi connectivity index (χ4n) is 1.31. The number of nitrogens with one attached hydrogen (secondary N) is 2. The summed E-state index contributed by atoms with van der Waals surface area (Å²) in [7, 11) is 0. The molecule has 2 aromatic rings. The van der Waals surface area contributed by atoms with Crippen LogP contribution in [0.1, 0.15) is 6.92 Å². The lowest BCUT2D eigenvalue weighted by Crippen LogP contribution is -2.41. The average Bonchev–Trinajstić information content (AvgIpc) is 2.49. The van der Waals surface area contributed by atoms with Crippen LogP contribution in [0.5, 0.6) is 11.6 Å². The highest BCUT2D eigenvalue weighted by Gasteiger charge is 2.08. The van der Waals surface area contributed by atoms with Crippen LogP contribution < -0.4 is 15.8 Å². The van der Waals surface area contributed by atoms with Gasteiger partial charge >= 0.3 is 5.97 Å². The SMILES string of the molecule is CC(NC(=N)N)C(=O)O.c1ccc(Oc2ccccn2)cc1. The van der Waals surface area contributed by atoms with Gasteiger partial charge in [0.15, 0.2) is 5.96 Å². The molecule has 1 atom stereocenters. The molecule has 1 aromatic carbocycles. The lowest BCUT2D eigenvalue weighted by Gasteiger charge is -2.06. The fraction of sp³-hybridized carbons (Fsp3) is 0.133. The molecule has 0 bridgehead atoms. The number of guanidine groups is 1. The lowest BCUT2D eigenvalue weighted by atomic mass is 10.3. The number of aromatic nitrogens is 1. The predicted molar refractivity (Wildman–Crippen MR) is 82.9 cm³/mol. The number of hydrogen-bond donors (Lipinski definition) is 4. The summed E-state index contributed by atoms with van der Waals surface area (Å²) in [4.78, 5) is 14.1. The first-order valence-corrected chi connectivity index (χ1v) is 6.46. The Morgan fingerprint density at radius 2 is 1.91 bits per heavy atom. The van der Waals surface area contributed by atoms with Gasteiger partial charge in [-0.3, -0.25) is 10.2 Å². The number of pyridine rings is 1. The standard InChI is InChI=1S/C11H9NO.C4H9N3O2/c1-2-6-10(7-3-1)13-11-8-4-5-9-12-11;1-2(3(8)9)7-4(5)6/h1-9H;2H,1H3,(H,8,9)(H4,5,6,7). The van der Waals surface area contributed by atoms with Crippen molar-refractivity contribution in [1.29, 1.82) is 5.41 Å². The molecule has 2 rings (SSSR count). The first-order valence-electron chi connectivity index (χ1n) is 6.46. The molecule has 0 fully saturated rings. The topological polar surface area (TPSA) is 121 Å². The van der Waals surface area contributed by atoms with E-state index in [1.807, 2.05) is 48.5 Å². The van der Waals surface area contributed by atoms with Crippen LogP contribution in [-0.4, -0.2) is 28.1 Å². The number of carboxylic acids is 1. The smallest absolute Gasteiger partial charge is 0.325 e. The first kappa shape index (κ1) is 17.0. The number of aliphatic carboxylic acids is 1. The van der Waals surface area contributed by atoms with Crippen molar-refractivity contribution in [2.45, 2.75) is 13.0 Å². The van der Waals surface area contributed by atoms with Crippen LogP contribution >= 0.6 is 0 Å².